The van der Waals surface area contributed by atoms with Crippen LogP contribution in [0.4, 0.5) is 4.39 Å². The lowest BCUT2D eigenvalue weighted by atomic mass is 10.2. The highest BCUT2D eigenvalue weighted by atomic mass is 19.1. The van der Waals surface area contributed by atoms with Crippen molar-refractivity contribution in [3.63, 3.8) is 0 Å². The number of hydrogen-bond donors (Lipinski definition) is 1. The summed E-state index contributed by atoms with van der Waals surface area (Å²) < 4.78 is 20.4. The maximum Gasteiger partial charge on any atom is 0.261 e. The quantitative estimate of drug-likeness (QED) is 0.781. The van der Waals surface area contributed by atoms with E-state index in [1.165, 1.54) is 12.1 Å². The first-order valence-electron chi connectivity index (χ1n) is 7.67. The molecule has 5 nitrogen and oxygen atoms in total. The van der Waals surface area contributed by atoms with Gasteiger partial charge in [0, 0.05) is 19.2 Å². The third kappa shape index (κ3) is 3.28. The second-order valence-electron chi connectivity index (χ2n) is 5.50. The molecule has 0 saturated carbocycles. The lowest BCUT2D eigenvalue weighted by molar-refractivity contribution is 0.306. The van der Waals surface area contributed by atoms with E-state index in [0.717, 1.165) is 5.56 Å². The summed E-state index contributed by atoms with van der Waals surface area (Å²) in [6, 6.07) is 11.4. The third-order valence-corrected chi connectivity index (χ3v) is 3.76. The molecule has 0 aliphatic heterocycles. The summed E-state index contributed by atoms with van der Waals surface area (Å²) in [6.45, 7) is 2.83. The molecule has 2 N–H and O–H groups in total. The molecule has 0 fully saturated rings. The molecule has 1 heterocycles. The fourth-order valence-electron chi connectivity index (χ4n) is 2.59. The predicted molar refractivity (Wildman–Crippen MR) is 90.5 cm³/mol. The van der Waals surface area contributed by atoms with Gasteiger partial charge in [0.1, 0.15) is 24.0 Å². The van der Waals surface area contributed by atoms with Crippen LogP contribution in [-0.4, -0.2) is 16.1 Å². The van der Waals surface area contributed by atoms with Crippen LogP contribution >= 0.6 is 0 Å². The van der Waals surface area contributed by atoms with E-state index >= 15 is 0 Å². The lowest BCUT2D eigenvalue weighted by Crippen LogP contribution is -2.27. The molecular formula is C18H18FN3O2. The van der Waals surface area contributed by atoms with Gasteiger partial charge in [0.15, 0.2) is 0 Å². The van der Waals surface area contributed by atoms with Crippen molar-refractivity contribution in [2.75, 3.05) is 6.54 Å². The average molecular weight is 327 g/mol. The SMILES string of the molecule is Cc1nc2cc(OCc3cccc(F)c3)ccc2c(=O)n1CCN. The van der Waals surface area contributed by atoms with Gasteiger partial charge in [-0.15, -0.1) is 0 Å². The second-order valence-corrected chi connectivity index (χ2v) is 5.50. The molecule has 6 heteroatoms. The Bertz CT molecular complexity index is 937. The van der Waals surface area contributed by atoms with E-state index in [9.17, 15) is 9.18 Å². The smallest absolute Gasteiger partial charge is 0.261 e. The molecule has 24 heavy (non-hydrogen) atoms. The van der Waals surface area contributed by atoms with Gasteiger partial charge < -0.3 is 10.5 Å². The van der Waals surface area contributed by atoms with Crippen molar-refractivity contribution in [3.05, 3.63) is 70.0 Å². The molecule has 124 valence electrons. The molecule has 1 aromatic heterocycles. The van der Waals surface area contributed by atoms with Gasteiger partial charge in [-0.2, -0.15) is 0 Å². The number of ether oxygens (including phenoxy) is 1. The van der Waals surface area contributed by atoms with Crippen molar-refractivity contribution < 1.29 is 9.13 Å². The molecule has 0 atom stereocenters. The number of nitrogens with zero attached hydrogens (tertiary/aromatic N) is 2. The number of fused-ring (bicyclic) bond motifs is 1. The van der Waals surface area contributed by atoms with Gasteiger partial charge in [-0.25, -0.2) is 9.37 Å². The molecule has 0 amide bonds. The lowest BCUT2D eigenvalue weighted by Gasteiger charge is -2.11. The van der Waals surface area contributed by atoms with Crippen LogP contribution in [0.15, 0.2) is 47.3 Å². The molecule has 0 radical (unpaired) electrons. The largest absolute Gasteiger partial charge is 0.489 e. The highest BCUT2D eigenvalue weighted by molar-refractivity contribution is 5.79. The van der Waals surface area contributed by atoms with Crippen LogP contribution in [0.3, 0.4) is 0 Å². The van der Waals surface area contributed by atoms with E-state index in [-0.39, 0.29) is 18.0 Å². The van der Waals surface area contributed by atoms with Crippen LogP contribution in [0.2, 0.25) is 0 Å². The van der Waals surface area contributed by atoms with Crippen LogP contribution in [-0.2, 0) is 13.2 Å². The Hall–Kier alpha value is -2.73. The van der Waals surface area contributed by atoms with Gasteiger partial charge in [-0.05, 0) is 36.8 Å². The minimum Gasteiger partial charge on any atom is -0.489 e. The zero-order chi connectivity index (χ0) is 17.1. The summed E-state index contributed by atoms with van der Waals surface area (Å²) in [5, 5.41) is 0.521. The summed E-state index contributed by atoms with van der Waals surface area (Å²) in [5.41, 5.74) is 6.73. The molecule has 0 saturated heterocycles. The first kappa shape index (κ1) is 16.1. The Morgan fingerprint density at radius 3 is 2.83 bits per heavy atom. The Morgan fingerprint density at radius 2 is 2.08 bits per heavy atom. The van der Waals surface area contributed by atoms with Gasteiger partial charge in [-0.1, -0.05) is 12.1 Å². The number of nitrogens with two attached hydrogens (primary N) is 1. The summed E-state index contributed by atoms with van der Waals surface area (Å²) in [6.07, 6.45) is 0. The predicted octanol–water partition coefficient (Wildman–Crippen LogP) is 2.38. The molecule has 0 bridgehead atoms. The summed E-state index contributed by atoms with van der Waals surface area (Å²) in [4.78, 5) is 16.9. The van der Waals surface area contributed by atoms with Crippen molar-refractivity contribution in [1.29, 1.82) is 0 Å². The molecule has 3 rings (SSSR count). The molecule has 0 unspecified atom stereocenters. The summed E-state index contributed by atoms with van der Waals surface area (Å²) >= 11 is 0. The highest BCUT2D eigenvalue weighted by Gasteiger charge is 2.09. The van der Waals surface area contributed by atoms with Crippen LogP contribution in [0.5, 0.6) is 5.75 Å². The van der Waals surface area contributed by atoms with Gasteiger partial charge in [0.25, 0.3) is 5.56 Å². The Balaban J connectivity index is 1.88. The standard InChI is InChI=1S/C18H18FN3O2/c1-12-21-17-10-15(24-11-13-3-2-4-14(19)9-13)5-6-16(17)18(23)22(12)8-7-20/h2-6,9-10H,7-8,11,20H2,1H3. The van der Waals surface area contributed by atoms with Crippen molar-refractivity contribution in [2.45, 2.75) is 20.1 Å². The van der Waals surface area contributed by atoms with Gasteiger partial charge in [0.2, 0.25) is 0 Å². The number of rotatable bonds is 5. The second kappa shape index (κ2) is 6.80. The highest BCUT2D eigenvalue weighted by Crippen LogP contribution is 2.19. The number of aromatic nitrogens is 2. The van der Waals surface area contributed by atoms with Gasteiger partial charge in [0.05, 0.1) is 10.9 Å². The Morgan fingerprint density at radius 1 is 1.25 bits per heavy atom. The molecule has 2 aromatic carbocycles. The Kier molecular flexibility index (Phi) is 4.57. The first-order chi connectivity index (χ1) is 11.6. The van der Waals surface area contributed by atoms with E-state index in [2.05, 4.69) is 4.98 Å². The van der Waals surface area contributed by atoms with E-state index in [4.69, 9.17) is 10.5 Å². The maximum absolute atomic E-state index is 13.2. The zero-order valence-corrected chi connectivity index (χ0v) is 13.3. The monoisotopic (exact) mass is 327 g/mol. The molecule has 0 spiro atoms. The fraction of sp³-hybridized carbons (Fsp3) is 0.222. The van der Waals surface area contributed by atoms with E-state index in [0.29, 0.717) is 35.6 Å². The number of aryl methyl sites for hydroxylation is 1. The summed E-state index contributed by atoms with van der Waals surface area (Å²) in [7, 11) is 0. The zero-order valence-electron chi connectivity index (χ0n) is 13.3. The summed E-state index contributed by atoms with van der Waals surface area (Å²) in [5.74, 6) is 0.891. The first-order valence-corrected chi connectivity index (χ1v) is 7.67. The van der Waals surface area contributed by atoms with Gasteiger partial charge in [-0.3, -0.25) is 9.36 Å². The van der Waals surface area contributed by atoms with Crippen LogP contribution < -0.4 is 16.0 Å². The number of benzene rings is 2. The van der Waals surface area contributed by atoms with Crippen LogP contribution in [0.25, 0.3) is 10.9 Å². The third-order valence-electron chi connectivity index (χ3n) is 3.76. The molecular weight excluding hydrogens is 309 g/mol. The van der Waals surface area contributed by atoms with E-state index in [1.54, 1.807) is 41.8 Å². The minimum absolute atomic E-state index is 0.111. The molecule has 0 aliphatic rings. The van der Waals surface area contributed by atoms with Crippen molar-refractivity contribution in [1.82, 2.24) is 9.55 Å². The topological polar surface area (TPSA) is 70.1 Å². The van der Waals surface area contributed by atoms with Crippen molar-refractivity contribution >= 4 is 10.9 Å². The number of hydrogen-bond acceptors (Lipinski definition) is 4. The van der Waals surface area contributed by atoms with Gasteiger partial charge >= 0.3 is 0 Å². The van der Waals surface area contributed by atoms with Crippen molar-refractivity contribution in [3.8, 4) is 5.75 Å². The van der Waals surface area contributed by atoms with Crippen LogP contribution in [0, 0.1) is 12.7 Å². The molecule has 3 aromatic rings. The van der Waals surface area contributed by atoms with E-state index < -0.39 is 0 Å². The Labute approximate surface area is 138 Å². The van der Waals surface area contributed by atoms with Crippen molar-refractivity contribution in [2.24, 2.45) is 5.73 Å². The minimum atomic E-state index is -0.299. The normalized spacial score (nSPS) is 11.0. The maximum atomic E-state index is 13.2. The average Bonchev–Trinajstić information content (AvgIpc) is 2.56. The number of halogens is 1. The molecule has 0 aliphatic carbocycles. The van der Waals surface area contributed by atoms with E-state index in [1.807, 2.05) is 0 Å². The van der Waals surface area contributed by atoms with Crippen LogP contribution in [0.1, 0.15) is 11.4 Å². The fourth-order valence-corrected chi connectivity index (χ4v) is 2.59.